The molecular weight excluding hydrogens is 371 g/mol. The number of rotatable bonds is 3. The number of nitrogens with zero attached hydrogens (tertiary/aromatic N) is 7. The van der Waals surface area contributed by atoms with E-state index in [1.54, 1.807) is 12.4 Å². The van der Waals surface area contributed by atoms with Crippen molar-refractivity contribution in [3.8, 4) is 11.5 Å². The van der Waals surface area contributed by atoms with Crippen molar-refractivity contribution in [1.29, 1.82) is 0 Å². The molecule has 11 heteroatoms. The molecule has 0 aliphatic carbocycles. The van der Waals surface area contributed by atoms with Crippen molar-refractivity contribution in [2.24, 2.45) is 5.41 Å². The summed E-state index contributed by atoms with van der Waals surface area (Å²) >= 11 is 0. The van der Waals surface area contributed by atoms with E-state index in [0.717, 1.165) is 51.4 Å². The van der Waals surface area contributed by atoms with Crippen LogP contribution in [-0.4, -0.2) is 90.6 Å². The van der Waals surface area contributed by atoms with E-state index in [9.17, 15) is 4.79 Å². The predicted molar refractivity (Wildman–Crippen MR) is 102 cm³/mol. The summed E-state index contributed by atoms with van der Waals surface area (Å²) in [5.41, 5.74) is 0.481. The normalized spacial score (nSPS) is 18.4. The van der Waals surface area contributed by atoms with Crippen molar-refractivity contribution < 1.29 is 4.74 Å². The van der Waals surface area contributed by atoms with Gasteiger partial charge in [0, 0.05) is 55.3 Å². The van der Waals surface area contributed by atoms with E-state index in [1.807, 2.05) is 6.07 Å². The third kappa shape index (κ3) is 3.41. The van der Waals surface area contributed by atoms with Crippen molar-refractivity contribution in [2.75, 3.05) is 31.2 Å². The zero-order valence-corrected chi connectivity index (χ0v) is 17.8. The molecule has 10 nitrogen and oxygen atoms in total. The first kappa shape index (κ1) is 19.3. The molecule has 2 aliphatic heterocycles. The van der Waals surface area contributed by atoms with E-state index in [1.165, 1.54) is 21.9 Å². The van der Waals surface area contributed by atoms with Gasteiger partial charge in [-0.15, -0.1) is 5.10 Å². The molecule has 0 saturated carbocycles. The van der Waals surface area contributed by atoms with E-state index in [0.29, 0.717) is 16.9 Å². The second-order valence-corrected chi connectivity index (χ2v) is 7.17. The van der Waals surface area contributed by atoms with Gasteiger partial charge in [-0.25, -0.2) is 14.6 Å². The Labute approximate surface area is 183 Å². The van der Waals surface area contributed by atoms with Crippen LogP contribution in [0, 0.1) is 5.41 Å². The minimum Gasteiger partial charge on any atom is -0.381 e. The Morgan fingerprint density at radius 3 is 2.68 bits per heavy atom. The van der Waals surface area contributed by atoms with Crippen molar-refractivity contribution in [1.82, 2.24) is 34.7 Å². The van der Waals surface area contributed by atoms with E-state index in [4.69, 9.17) is 4.74 Å². The number of hydrogen-bond acceptors (Lipinski definition) is 7. The average molecular weight is 391 g/mol. The molecule has 3 aromatic heterocycles. The monoisotopic (exact) mass is 391 g/mol. The number of ether oxygens (including phenoxy) is 1. The van der Waals surface area contributed by atoms with Crippen LogP contribution in [0.1, 0.15) is 19.3 Å². The molecule has 0 amide bonds. The van der Waals surface area contributed by atoms with Crippen molar-refractivity contribution in [3.63, 3.8) is 0 Å². The van der Waals surface area contributed by atoms with Gasteiger partial charge in [0.1, 0.15) is 12.1 Å². The van der Waals surface area contributed by atoms with Gasteiger partial charge in [-0.3, -0.25) is 9.89 Å². The molecule has 0 atom stereocenters. The van der Waals surface area contributed by atoms with Gasteiger partial charge in [-0.1, -0.05) is 5.21 Å². The number of nitrogens with one attached hydrogen (secondary N) is 1. The number of piperidine rings is 1. The molecule has 0 aromatic carbocycles. The van der Waals surface area contributed by atoms with E-state index < -0.39 is 0 Å². The van der Waals surface area contributed by atoms with Crippen LogP contribution in [0.4, 0.5) is 5.82 Å². The van der Waals surface area contributed by atoms with Crippen molar-refractivity contribution in [2.45, 2.75) is 19.3 Å². The molecule has 3 aromatic rings. The molecule has 5 heterocycles. The summed E-state index contributed by atoms with van der Waals surface area (Å²) in [5, 5.41) is 10.5. The molecule has 1 N–H and O–H groups in total. The molecule has 2 aliphatic rings. The molecule has 1 radical (unpaired) electrons. The Kier molecular flexibility index (Phi) is 5.37. The van der Waals surface area contributed by atoms with Crippen LogP contribution in [0.15, 0.2) is 35.8 Å². The Morgan fingerprint density at radius 1 is 1.14 bits per heavy atom. The van der Waals surface area contributed by atoms with Crippen LogP contribution in [0.3, 0.4) is 0 Å². The Bertz CT molecular complexity index is 983. The maximum absolute atomic E-state index is 12.7. The summed E-state index contributed by atoms with van der Waals surface area (Å²) in [4.78, 5) is 23.6. The Balaban J connectivity index is 0.00000192. The third-order valence-corrected chi connectivity index (χ3v) is 5.62. The second-order valence-electron chi connectivity index (χ2n) is 7.17. The summed E-state index contributed by atoms with van der Waals surface area (Å²) in [6.45, 7) is 3.62. The van der Waals surface area contributed by atoms with Gasteiger partial charge in [0.05, 0.1) is 25.2 Å². The van der Waals surface area contributed by atoms with Crippen LogP contribution < -0.4 is 10.5 Å². The van der Waals surface area contributed by atoms with Crippen LogP contribution in [0.25, 0.3) is 11.5 Å². The Hall–Kier alpha value is -2.01. The first-order chi connectivity index (χ1) is 13.2. The number of hydrogen-bond donors (Lipinski definition) is 1. The fourth-order valence-corrected chi connectivity index (χ4v) is 3.92. The van der Waals surface area contributed by atoms with Gasteiger partial charge >= 0.3 is 0 Å². The number of anilines is 1. The minimum absolute atomic E-state index is 0. The van der Waals surface area contributed by atoms with Gasteiger partial charge < -0.3 is 9.64 Å². The van der Waals surface area contributed by atoms with Crippen LogP contribution in [-0.2, 0) is 4.74 Å². The second kappa shape index (κ2) is 7.78. The van der Waals surface area contributed by atoms with E-state index >= 15 is 0 Å². The molecular formula is C17H20N8NaO2. The third-order valence-electron chi connectivity index (χ3n) is 5.62. The maximum atomic E-state index is 12.7. The predicted octanol–water partition coefficient (Wildman–Crippen LogP) is 0.162. The summed E-state index contributed by atoms with van der Waals surface area (Å²) < 4.78 is 8.41. The van der Waals surface area contributed by atoms with E-state index in [2.05, 4.69) is 30.3 Å². The molecule has 0 unspecified atom stereocenters. The van der Waals surface area contributed by atoms with Gasteiger partial charge in [0.25, 0.3) is 5.56 Å². The molecule has 0 bridgehead atoms. The summed E-state index contributed by atoms with van der Waals surface area (Å²) in [7, 11) is 0. The topological polar surface area (TPSA) is 107 Å². The number of H-pyrrole nitrogens is 1. The molecule has 5 rings (SSSR count). The van der Waals surface area contributed by atoms with Crippen LogP contribution in [0.2, 0.25) is 0 Å². The van der Waals surface area contributed by atoms with Crippen LogP contribution >= 0.6 is 0 Å². The zero-order valence-electron chi connectivity index (χ0n) is 15.8. The summed E-state index contributed by atoms with van der Waals surface area (Å²) in [6, 6.07) is 1.84. The SMILES string of the molecule is O=c1c(-n2ccnn2)c[nH]n1-c1cc(N2CCC3(CCOC3)CC2)ncn1.[Na]. The van der Waals surface area contributed by atoms with Gasteiger partial charge in [0.2, 0.25) is 0 Å². The van der Waals surface area contributed by atoms with Crippen LogP contribution in [0.5, 0.6) is 0 Å². The minimum atomic E-state index is -0.245. The molecule has 1 spiro atoms. The Morgan fingerprint density at radius 2 is 1.96 bits per heavy atom. The quantitative estimate of drug-likeness (QED) is 0.634. The molecule has 141 valence electrons. The van der Waals surface area contributed by atoms with Gasteiger partial charge in [-0.05, 0) is 24.7 Å². The largest absolute Gasteiger partial charge is 0.381 e. The van der Waals surface area contributed by atoms with Crippen molar-refractivity contribution >= 4 is 35.4 Å². The fraction of sp³-hybridized carbons (Fsp3) is 0.471. The number of aromatic amines is 1. The number of aromatic nitrogens is 7. The first-order valence-corrected chi connectivity index (χ1v) is 9.06. The van der Waals surface area contributed by atoms with Crippen molar-refractivity contribution in [3.05, 3.63) is 41.3 Å². The summed E-state index contributed by atoms with van der Waals surface area (Å²) in [6.07, 6.45) is 9.59. The smallest absolute Gasteiger partial charge is 0.298 e. The van der Waals surface area contributed by atoms with E-state index in [-0.39, 0.29) is 35.1 Å². The zero-order chi connectivity index (χ0) is 18.3. The standard InChI is InChI=1S/C17H20N8O2.Na/c26-16-13(24-7-4-20-22-24)10-21-25(16)15-9-14(18-12-19-15)23-5-1-17(2-6-23)3-8-27-11-17;/h4,7,9-10,12,21H,1-3,5-6,8,11H2;. The van der Waals surface area contributed by atoms with Gasteiger partial charge in [-0.2, -0.15) is 4.68 Å². The molecule has 28 heavy (non-hydrogen) atoms. The summed E-state index contributed by atoms with van der Waals surface area (Å²) in [5.74, 6) is 1.33. The molecule has 2 fully saturated rings. The maximum Gasteiger partial charge on any atom is 0.298 e. The average Bonchev–Trinajstić information content (AvgIpc) is 3.44. The first-order valence-electron chi connectivity index (χ1n) is 9.06. The fourth-order valence-electron chi connectivity index (χ4n) is 3.92. The molecule has 2 saturated heterocycles. The van der Waals surface area contributed by atoms with Gasteiger partial charge in [0.15, 0.2) is 11.5 Å².